The number of benzene rings is 1. The second kappa shape index (κ2) is 5.65. The molecular weight excluding hydrogens is 284 g/mol. The fourth-order valence-corrected chi connectivity index (χ4v) is 3.67. The standard InChI is InChI=1S/C20H20N2O/c1-13-7-9-14(10-8-13)12-18(23)15-4-2-6-17-19(15)16-5-3-11-21-20(16)22-17/h3,5,7-11,15H,2,4,6,12H2,1H3,(H,21,22). The van der Waals surface area contributed by atoms with E-state index in [1.54, 1.807) is 6.20 Å². The zero-order chi connectivity index (χ0) is 15.8. The number of aromatic amines is 1. The van der Waals surface area contributed by atoms with Crippen molar-refractivity contribution in [1.82, 2.24) is 9.97 Å². The average Bonchev–Trinajstić information content (AvgIpc) is 2.95. The third-order valence-electron chi connectivity index (χ3n) is 4.85. The van der Waals surface area contributed by atoms with Crippen molar-refractivity contribution in [2.45, 2.75) is 38.5 Å². The fraction of sp³-hybridized carbons (Fsp3) is 0.300. The van der Waals surface area contributed by atoms with Gasteiger partial charge in [-0.2, -0.15) is 0 Å². The SMILES string of the molecule is Cc1ccc(CC(=O)C2CCCc3[nH]c4ncccc4c32)cc1. The molecule has 2 heterocycles. The average molecular weight is 304 g/mol. The molecule has 0 saturated heterocycles. The van der Waals surface area contributed by atoms with Gasteiger partial charge in [-0.1, -0.05) is 29.8 Å². The summed E-state index contributed by atoms with van der Waals surface area (Å²) in [5.41, 5.74) is 5.63. The molecule has 2 aromatic heterocycles. The molecule has 3 nitrogen and oxygen atoms in total. The maximum atomic E-state index is 12.9. The van der Waals surface area contributed by atoms with Crippen LogP contribution in [0.15, 0.2) is 42.6 Å². The van der Waals surface area contributed by atoms with Crippen LogP contribution in [-0.2, 0) is 17.6 Å². The van der Waals surface area contributed by atoms with Gasteiger partial charge < -0.3 is 4.98 Å². The van der Waals surface area contributed by atoms with Gasteiger partial charge in [0.25, 0.3) is 0 Å². The highest BCUT2D eigenvalue weighted by atomic mass is 16.1. The first kappa shape index (κ1) is 14.2. The molecule has 0 bridgehead atoms. The number of nitrogens with zero attached hydrogens (tertiary/aromatic N) is 1. The van der Waals surface area contributed by atoms with E-state index in [9.17, 15) is 4.79 Å². The summed E-state index contributed by atoms with van der Waals surface area (Å²) in [4.78, 5) is 20.7. The third-order valence-corrected chi connectivity index (χ3v) is 4.85. The third kappa shape index (κ3) is 2.56. The second-order valence-electron chi connectivity index (χ2n) is 6.49. The van der Waals surface area contributed by atoms with Gasteiger partial charge in [0, 0.05) is 29.6 Å². The smallest absolute Gasteiger partial charge is 0.144 e. The van der Waals surface area contributed by atoms with Crippen LogP contribution < -0.4 is 0 Å². The van der Waals surface area contributed by atoms with Crippen molar-refractivity contribution in [3.8, 4) is 0 Å². The first-order valence-corrected chi connectivity index (χ1v) is 8.26. The van der Waals surface area contributed by atoms with E-state index in [0.717, 1.165) is 35.9 Å². The molecule has 1 atom stereocenters. The Morgan fingerprint density at radius 3 is 2.91 bits per heavy atom. The van der Waals surface area contributed by atoms with Gasteiger partial charge in [0.2, 0.25) is 0 Å². The number of hydrogen-bond donors (Lipinski definition) is 1. The van der Waals surface area contributed by atoms with E-state index < -0.39 is 0 Å². The van der Waals surface area contributed by atoms with Crippen LogP contribution in [-0.4, -0.2) is 15.8 Å². The molecule has 1 unspecified atom stereocenters. The predicted octanol–water partition coefficient (Wildman–Crippen LogP) is 4.10. The lowest BCUT2D eigenvalue weighted by molar-refractivity contribution is -0.120. The van der Waals surface area contributed by atoms with E-state index in [4.69, 9.17) is 0 Å². The minimum Gasteiger partial charge on any atom is -0.343 e. The number of pyridine rings is 1. The number of nitrogens with one attached hydrogen (secondary N) is 1. The summed E-state index contributed by atoms with van der Waals surface area (Å²) < 4.78 is 0. The number of aryl methyl sites for hydroxylation is 2. The number of Topliss-reactive ketones (excluding diaryl/α,β-unsaturated/α-hetero) is 1. The molecule has 0 amide bonds. The van der Waals surface area contributed by atoms with E-state index in [0.29, 0.717) is 12.2 Å². The summed E-state index contributed by atoms with van der Waals surface area (Å²) in [7, 11) is 0. The molecule has 0 fully saturated rings. The van der Waals surface area contributed by atoms with Gasteiger partial charge in [-0.05, 0) is 49.4 Å². The summed E-state index contributed by atoms with van der Waals surface area (Å²) in [5.74, 6) is 0.317. The van der Waals surface area contributed by atoms with E-state index >= 15 is 0 Å². The van der Waals surface area contributed by atoms with Crippen LogP contribution in [0.2, 0.25) is 0 Å². The Hall–Kier alpha value is -2.42. The Morgan fingerprint density at radius 1 is 1.26 bits per heavy atom. The Kier molecular flexibility index (Phi) is 3.49. The van der Waals surface area contributed by atoms with Gasteiger partial charge in [0.1, 0.15) is 11.4 Å². The van der Waals surface area contributed by atoms with Gasteiger partial charge in [-0.15, -0.1) is 0 Å². The quantitative estimate of drug-likeness (QED) is 0.791. The van der Waals surface area contributed by atoms with E-state index in [-0.39, 0.29) is 5.92 Å². The largest absolute Gasteiger partial charge is 0.343 e. The molecule has 0 saturated carbocycles. The fourth-order valence-electron chi connectivity index (χ4n) is 3.67. The van der Waals surface area contributed by atoms with Crippen molar-refractivity contribution in [3.05, 3.63) is 65.0 Å². The predicted molar refractivity (Wildman–Crippen MR) is 91.7 cm³/mol. The maximum Gasteiger partial charge on any atom is 0.144 e. The highest BCUT2D eigenvalue weighted by molar-refractivity contribution is 5.94. The molecule has 4 rings (SSSR count). The monoisotopic (exact) mass is 304 g/mol. The van der Waals surface area contributed by atoms with Crippen LogP contribution in [0.4, 0.5) is 0 Å². The van der Waals surface area contributed by atoms with Crippen molar-refractivity contribution >= 4 is 16.8 Å². The van der Waals surface area contributed by atoms with Crippen molar-refractivity contribution in [3.63, 3.8) is 0 Å². The number of H-pyrrole nitrogens is 1. The number of carbonyl (C=O) groups excluding carboxylic acids is 1. The summed E-state index contributed by atoms with van der Waals surface area (Å²) in [6, 6.07) is 12.3. The first-order chi connectivity index (χ1) is 11.2. The highest BCUT2D eigenvalue weighted by Gasteiger charge is 2.29. The zero-order valence-electron chi connectivity index (χ0n) is 13.3. The van der Waals surface area contributed by atoms with Crippen molar-refractivity contribution in [2.75, 3.05) is 0 Å². The molecule has 3 heteroatoms. The lowest BCUT2D eigenvalue weighted by Crippen LogP contribution is -2.19. The highest BCUT2D eigenvalue weighted by Crippen LogP contribution is 2.37. The lowest BCUT2D eigenvalue weighted by atomic mass is 9.81. The maximum absolute atomic E-state index is 12.9. The first-order valence-electron chi connectivity index (χ1n) is 8.26. The number of aromatic nitrogens is 2. The van der Waals surface area contributed by atoms with Crippen LogP contribution >= 0.6 is 0 Å². The number of ketones is 1. The van der Waals surface area contributed by atoms with E-state index in [1.807, 2.05) is 6.07 Å². The summed E-state index contributed by atoms with van der Waals surface area (Å²) in [6.45, 7) is 2.07. The Morgan fingerprint density at radius 2 is 2.09 bits per heavy atom. The summed E-state index contributed by atoms with van der Waals surface area (Å²) in [5, 5.41) is 1.12. The van der Waals surface area contributed by atoms with Crippen molar-refractivity contribution < 1.29 is 4.79 Å². The molecule has 3 aromatic rings. The van der Waals surface area contributed by atoms with E-state index in [2.05, 4.69) is 47.2 Å². The van der Waals surface area contributed by atoms with Crippen LogP contribution in [0.3, 0.4) is 0 Å². The number of hydrogen-bond acceptors (Lipinski definition) is 2. The topological polar surface area (TPSA) is 45.8 Å². The normalized spacial score (nSPS) is 17.2. The lowest BCUT2D eigenvalue weighted by Gasteiger charge is -2.22. The Labute approximate surface area is 135 Å². The zero-order valence-corrected chi connectivity index (χ0v) is 13.3. The van der Waals surface area contributed by atoms with Gasteiger partial charge in [-0.25, -0.2) is 4.98 Å². The van der Waals surface area contributed by atoms with Gasteiger partial charge in [0.15, 0.2) is 0 Å². The van der Waals surface area contributed by atoms with Gasteiger partial charge in [0.05, 0.1) is 0 Å². The number of rotatable bonds is 3. The molecule has 1 aromatic carbocycles. The molecule has 1 aliphatic carbocycles. The van der Waals surface area contributed by atoms with Crippen molar-refractivity contribution in [1.29, 1.82) is 0 Å². The van der Waals surface area contributed by atoms with Crippen molar-refractivity contribution in [2.24, 2.45) is 0 Å². The number of fused-ring (bicyclic) bond motifs is 3. The minimum atomic E-state index is -0.00185. The van der Waals surface area contributed by atoms with Gasteiger partial charge >= 0.3 is 0 Å². The molecule has 0 aliphatic heterocycles. The Balaban J connectivity index is 1.68. The van der Waals surface area contributed by atoms with Crippen LogP contribution in [0, 0.1) is 6.92 Å². The number of carbonyl (C=O) groups is 1. The molecule has 0 spiro atoms. The summed E-state index contributed by atoms with van der Waals surface area (Å²) >= 11 is 0. The van der Waals surface area contributed by atoms with Crippen LogP contribution in [0.1, 0.15) is 41.1 Å². The van der Waals surface area contributed by atoms with Crippen LogP contribution in [0.5, 0.6) is 0 Å². The van der Waals surface area contributed by atoms with E-state index in [1.165, 1.54) is 16.8 Å². The Bertz CT molecular complexity index is 861. The molecular formula is C20H20N2O. The second-order valence-corrected chi connectivity index (χ2v) is 6.49. The molecule has 116 valence electrons. The summed E-state index contributed by atoms with van der Waals surface area (Å²) in [6.07, 6.45) is 5.33. The van der Waals surface area contributed by atoms with Gasteiger partial charge in [-0.3, -0.25) is 4.79 Å². The minimum absolute atomic E-state index is 0.00185. The molecule has 1 N–H and O–H groups in total. The molecule has 0 radical (unpaired) electrons. The molecule has 1 aliphatic rings. The van der Waals surface area contributed by atoms with Crippen LogP contribution in [0.25, 0.3) is 11.0 Å². The molecule has 23 heavy (non-hydrogen) atoms.